The first-order valence-corrected chi connectivity index (χ1v) is 12.1. The van der Waals surface area contributed by atoms with Crippen molar-refractivity contribution in [2.45, 2.75) is 51.2 Å². The van der Waals surface area contributed by atoms with Gasteiger partial charge in [-0.15, -0.1) is 0 Å². The zero-order valence-electron chi connectivity index (χ0n) is 20.8. The second-order valence-corrected chi connectivity index (χ2v) is 9.00. The number of carbonyl (C=O) groups is 4. The number of imidazole rings is 1. The molecule has 198 valence electrons. The number of hydrogen-bond donors (Lipinski definition) is 7. The maximum Gasteiger partial charge on any atom is 0.322 e. The first kappa shape index (κ1) is 27.4. The number of H-pyrrole nitrogens is 2. The second kappa shape index (κ2) is 12.7. The van der Waals surface area contributed by atoms with E-state index in [1.165, 1.54) is 6.33 Å². The summed E-state index contributed by atoms with van der Waals surface area (Å²) in [7, 11) is 0. The van der Waals surface area contributed by atoms with E-state index in [1.54, 1.807) is 19.3 Å². The molecule has 37 heavy (non-hydrogen) atoms. The third-order valence-corrected chi connectivity index (χ3v) is 6.27. The number of aromatic nitrogens is 3. The highest BCUT2D eigenvalue weighted by molar-refractivity contribution is 5.94. The molecule has 12 nitrogen and oxygen atoms in total. The van der Waals surface area contributed by atoms with Crippen molar-refractivity contribution in [3.05, 3.63) is 54.2 Å². The SMILES string of the molecule is CCC(C)C(NC(=O)C(Cc1c[nH]c2ccccc12)NC(=O)C(N)Cc1cnc[nH]1)C(=O)NCC(=O)O. The highest BCUT2D eigenvalue weighted by Crippen LogP contribution is 2.19. The molecule has 2 heterocycles. The van der Waals surface area contributed by atoms with Gasteiger partial charge < -0.3 is 36.8 Å². The van der Waals surface area contributed by atoms with E-state index in [2.05, 4.69) is 30.9 Å². The number of nitrogens with two attached hydrogens (primary N) is 1. The number of rotatable bonds is 13. The number of nitrogens with zero attached hydrogens (tertiary/aromatic N) is 1. The minimum absolute atomic E-state index is 0.141. The average molecular weight is 512 g/mol. The molecule has 2 aromatic heterocycles. The molecule has 8 N–H and O–H groups in total. The Balaban J connectivity index is 1.81. The number of aliphatic carboxylic acids is 1. The predicted octanol–water partition coefficient (Wildman–Crippen LogP) is 0.220. The smallest absolute Gasteiger partial charge is 0.322 e. The number of fused-ring (bicyclic) bond motifs is 1. The van der Waals surface area contributed by atoms with Gasteiger partial charge in [-0.05, 0) is 17.5 Å². The van der Waals surface area contributed by atoms with E-state index < -0.39 is 48.4 Å². The normalized spacial score (nSPS) is 14.4. The average Bonchev–Trinajstić information content (AvgIpc) is 3.54. The molecule has 0 aliphatic rings. The Bertz CT molecular complexity index is 1220. The lowest BCUT2D eigenvalue weighted by atomic mass is 9.97. The molecule has 0 saturated heterocycles. The molecule has 0 aliphatic carbocycles. The van der Waals surface area contributed by atoms with Gasteiger partial charge in [0, 0.05) is 41.8 Å². The second-order valence-electron chi connectivity index (χ2n) is 9.00. The molecule has 0 saturated carbocycles. The van der Waals surface area contributed by atoms with Crippen LogP contribution in [0, 0.1) is 5.92 Å². The molecule has 1 aromatic carbocycles. The molecule has 4 atom stereocenters. The molecule has 0 radical (unpaired) electrons. The zero-order chi connectivity index (χ0) is 26.9. The Kier molecular flexibility index (Phi) is 9.39. The lowest BCUT2D eigenvalue weighted by molar-refractivity contribution is -0.139. The van der Waals surface area contributed by atoms with Crippen LogP contribution in [0.15, 0.2) is 43.0 Å². The lowest BCUT2D eigenvalue weighted by Crippen LogP contribution is -2.58. The fraction of sp³-hybridized carbons (Fsp3) is 0.400. The van der Waals surface area contributed by atoms with Gasteiger partial charge in [0.15, 0.2) is 0 Å². The van der Waals surface area contributed by atoms with Crippen LogP contribution in [0.3, 0.4) is 0 Å². The molecule has 0 aliphatic heterocycles. The van der Waals surface area contributed by atoms with Gasteiger partial charge in [-0.25, -0.2) is 4.98 Å². The van der Waals surface area contributed by atoms with Crippen molar-refractivity contribution in [2.24, 2.45) is 11.7 Å². The molecule has 4 unspecified atom stereocenters. The number of carboxylic acids is 1. The molecule has 3 rings (SSSR count). The topological polar surface area (TPSA) is 195 Å². The van der Waals surface area contributed by atoms with Crippen LogP contribution in [0.4, 0.5) is 0 Å². The summed E-state index contributed by atoms with van der Waals surface area (Å²) in [6.07, 6.45) is 5.71. The number of amides is 3. The van der Waals surface area contributed by atoms with E-state index in [0.29, 0.717) is 12.1 Å². The number of hydrogen-bond acceptors (Lipinski definition) is 6. The van der Waals surface area contributed by atoms with E-state index in [9.17, 15) is 19.2 Å². The summed E-state index contributed by atoms with van der Waals surface area (Å²) in [4.78, 5) is 60.0. The molecule has 0 bridgehead atoms. The van der Waals surface area contributed by atoms with E-state index in [4.69, 9.17) is 10.8 Å². The highest BCUT2D eigenvalue weighted by atomic mass is 16.4. The Labute approximate surface area is 213 Å². The fourth-order valence-corrected chi connectivity index (χ4v) is 3.96. The van der Waals surface area contributed by atoms with Gasteiger partial charge in [0.2, 0.25) is 17.7 Å². The third-order valence-electron chi connectivity index (χ3n) is 6.27. The van der Waals surface area contributed by atoms with Gasteiger partial charge in [-0.1, -0.05) is 38.5 Å². The number of carboxylic acid groups (broad SMARTS) is 1. The van der Waals surface area contributed by atoms with Gasteiger partial charge in [-0.3, -0.25) is 19.2 Å². The lowest BCUT2D eigenvalue weighted by Gasteiger charge is -2.27. The predicted molar refractivity (Wildman–Crippen MR) is 136 cm³/mol. The van der Waals surface area contributed by atoms with E-state index in [1.807, 2.05) is 31.2 Å². The zero-order valence-corrected chi connectivity index (χ0v) is 20.8. The maximum atomic E-state index is 13.5. The van der Waals surface area contributed by atoms with Crippen molar-refractivity contribution in [3.63, 3.8) is 0 Å². The number of benzene rings is 1. The summed E-state index contributed by atoms with van der Waals surface area (Å²) >= 11 is 0. The summed E-state index contributed by atoms with van der Waals surface area (Å²) in [5, 5.41) is 17.6. The number of carbonyl (C=O) groups excluding carboxylic acids is 3. The minimum atomic E-state index is -1.20. The Hall–Kier alpha value is -4.19. The maximum absolute atomic E-state index is 13.5. The summed E-state index contributed by atoms with van der Waals surface area (Å²) in [5.74, 6) is -3.21. The van der Waals surface area contributed by atoms with Crippen LogP contribution in [-0.2, 0) is 32.0 Å². The van der Waals surface area contributed by atoms with Crippen LogP contribution in [0.25, 0.3) is 10.9 Å². The monoisotopic (exact) mass is 511 g/mol. The van der Waals surface area contributed by atoms with Crippen LogP contribution in [0.1, 0.15) is 31.5 Å². The molecular formula is C25H33N7O5. The molecule has 0 fully saturated rings. The molecule has 3 amide bonds. The number of nitrogens with one attached hydrogen (secondary N) is 5. The highest BCUT2D eigenvalue weighted by Gasteiger charge is 2.31. The first-order chi connectivity index (χ1) is 17.7. The van der Waals surface area contributed by atoms with Crippen molar-refractivity contribution >= 4 is 34.6 Å². The Morgan fingerprint density at radius 1 is 1.05 bits per heavy atom. The Morgan fingerprint density at radius 3 is 2.49 bits per heavy atom. The van der Waals surface area contributed by atoms with E-state index in [0.717, 1.165) is 16.5 Å². The van der Waals surface area contributed by atoms with Crippen molar-refractivity contribution in [3.8, 4) is 0 Å². The largest absolute Gasteiger partial charge is 0.480 e. The van der Waals surface area contributed by atoms with Crippen LogP contribution >= 0.6 is 0 Å². The van der Waals surface area contributed by atoms with E-state index in [-0.39, 0.29) is 18.8 Å². The molecule has 0 spiro atoms. The van der Waals surface area contributed by atoms with Crippen molar-refractivity contribution in [1.29, 1.82) is 0 Å². The number of para-hydroxylation sites is 1. The molecule has 3 aromatic rings. The summed E-state index contributed by atoms with van der Waals surface area (Å²) in [5.41, 5.74) is 8.44. The third kappa shape index (κ3) is 7.40. The van der Waals surface area contributed by atoms with Gasteiger partial charge >= 0.3 is 5.97 Å². The van der Waals surface area contributed by atoms with Gasteiger partial charge in [0.1, 0.15) is 18.6 Å². The summed E-state index contributed by atoms with van der Waals surface area (Å²) < 4.78 is 0. The van der Waals surface area contributed by atoms with Gasteiger partial charge in [-0.2, -0.15) is 0 Å². The minimum Gasteiger partial charge on any atom is -0.480 e. The summed E-state index contributed by atoms with van der Waals surface area (Å²) in [6, 6.07) is 4.59. The van der Waals surface area contributed by atoms with Crippen LogP contribution in [-0.4, -0.2) is 68.4 Å². The van der Waals surface area contributed by atoms with Crippen LogP contribution in [0.2, 0.25) is 0 Å². The van der Waals surface area contributed by atoms with Crippen LogP contribution in [0.5, 0.6) is 0 Å². The van der Waals surface area contributed by atoms with Gasteiger partial charge in [0.05, 0.1) is 12.4 Å². The quantitative estimate of drug-likeness (QED) is 0.170. The standard InChI is InChI=1S/C25H33N7O5/c1-3-14(2)22(25(37)29-12-21(33)34)32-24(36)20(8-15-10-28-19-7-5-4-6-17(15)19)31-23(35)18(26)9-16-11-27-13-30-16/h4-7,10-11,13-14,18,20,22,28H,3,8-9,12,26H2,1-2H3,(H,27,30)(H,29,37)(H,31,35)(H,32,36)(H,33,34). The number of aromatic amines is 2. The van der Waals surface area contributed by atoms with Crippen molar-refractivity contribution in [2.75, 3.05) is 6.54 Å². The van der Waals surface area contributed by atoms with Crippen molar-refractivity contribution < 1.29 is 24.3 Å². The van der Waals surface area contributed by atoms with Crippen LogP contribution < -0.4 is 21.7 Å². The Morgan fingerprint density at radius 2 is 1.81 bits per heavy atom. The van der Waals surface area contributed by atoms with Crippen molar-refractivity contribution in [1.82, 2.24) is 30.9 Å². The van der Waals surface area contributed by atoms with Gasteiger partial charge in [0.25, 0.3) is 0 Å². The summed E-state index contributed by atoms with van der Waals surface area (Å²) in [6.45, 7) is 3.06. The van der Waals surface area contributed by atoms with E-state index >= 15 is 0 Å². The first-order valence-electron chi connectivity index (χ1n) is 12.1. The fourth-order valence-electron chi connectivity index (χ4n) is 3.96. The molecular weight excluding hydrogens is 478 g/mol. The molecule has 12 heteroatoms.